The summed E-state index contributed by atoms with van der Waals surface area (Å²) in [6, 6.07) is 5.54. The van der Waals surface area contributed by atoms with Gasteiger partial charge in [0.2, 0.25) is 0 Å². The predicted octanol–water partition coefficient (Wildman–Crippen LogP) is 4.30. The summed E-state index contributed by atoms with van der Waals surface area (Å²) in [5.41, 5.74) is 0.323. The molecule has 1 unspecified atom stereocenters. The van der Waals surface area contributed by atoms with Gasteiger partial charge in [-0.15, -0.1) is 0 Å². The Morgan fingerprint density at radius 3 is 2.80 bits per heavy atom. The summed E-state index contributed by atoms with van der Waals surface area (Å²) in [5, 5.41) is 8.94. The van der Waals surface area contributed by atoms with E-state index in [1.165, 1.54) is 6.07 Å². The van der Waals surface area contributed by atoms with Gasteiger partial charge in [0.05, 0.1) is 23.5 Å². The van der Waals surface area contributed by atoms with E-state index in [0.29, 0.717) is 12.2 Å². The molecule has 0 N–H and O–H groups in total. The van der Waals surface area contributed by atoms with Gasteiger partial charge in [0.1, 0.15) is 0 Å². The number of halogens is 3. The largest absolute Gasteiger partial charge is 0.417 e. The number of benzene rings is 1. The number of allylic oxidation sites excluding steroid dienone is 1. The van der Waals surface area contributed by atoms with Crippen LogP contribution in [0.1, 0.15) is 30.9 Å². The summed E-state index contributed by atoms with van der Waals surface area (Å²) in [7, 11) is 0. The van der Waals surface area contributed by atoms with Crippen LogP contribution in [0.5, 0.6) is 0 Å². The zero-order valence-electron chi connectivity index (χ0n) is 13.7. The van der Waals surface area contributed by atoms with Crippen LogP contribution in [0.15, 0.2) is 43.0 Å². The summed E-state index contributed by atoms with van der Waals surface area (Å²) in [5.74, 6) is 0. The highest BCUT2D eigenvalue weighted by Gasteiger charge is 2.34. The highest BCUT2D eigenvalue weighted by atomic mass is 19.4. The minimum absolute atomic E-state index is 0.0106. The predicted molar refractivity (Wildman–Crippen MR) is 88.7 cm³/mol. The van der Waals surface area contributed by atoms with Gasteiger partial charge < -0.3 is 9.47 Å². The molecule has 1 aliphatic carbocycles. The van der Waals surface area contributed by atoms with Crippen LogP contribution in [0.3, 0.4) is 0 Å². The molecule has 0 radical (unpaired) electrons. The second-order valence-corrected chi connectivity index (χ2v) is 5.86. The summed E-state index contributed by atoms with van der Waals surface area (Å²) < 4.78 is 41.6. The first-order chi connectivity index (χ1) is 11.9. The van der Waals surface area contributed by atoms with Crippen LogP contribution in [0.4, 0.5) is 18.9 Å². The number of alkyl halides is 3. The average Bonchev–Trinajstić information content (AvgIpc) is 3.26. The second-order valence-electron chi connectivity index (χ2n) is 5.86. The Hall–Kier alpha value is -2.75. The smallest absolute Gasteiger partial charge is 0.365 e. The second kappa shape index (κ2) is 6.63. The van der Waals surface area contributed by atoms with Crippen molar-refractivity contribution in [1.82, 2.24) is 9.55 Å². The quantitative estimate of drug-likeness (QED) is 0.829. The molecule has 1 atom stereocenters. The molecular weight excluding hydrogens is 329 g/mol. The van der Waals surface area contributed by atoms with Gasteiger partial charge in [-0.1, -0.05) is 0 Å². The van der Waals surface area contributed by atoms with Crippen LogP contribution in [0.2, 0.25) is 0 Å². The summed E-state index contributed by atoms with van der Waals surface area (Å²) in [4.78, 5) is 5.96. The van der Waals surface area contributed by atoms with Gasteiger partial charge in [-0.05, 0) is 44.0 Å². The number of rotatable bonds is 4. The molecule has 0 fully saturated rings. The van der Waals surface area contributed by atoms with E-state index >= 15 is 0 Å². The number of aromatic nitrogens is 2. The first-order valence-electron chi connectivity index (χ1n) is 8.01. The molecule has 0 amide bonds. The fourth-order valence-electron chi connectivity index (χ4n) is 3.23. The summed E-state index contributed by atoms with van der Waals surface area (Å²) in [6.45, 7) is 2.48. The Morgan fingerprint density at radius 2 is 2.20 bits per heavy atom. The van der Waals surface area contributed by atoms with Crippen molar-refractivity contribution in [2.75, 3.05) is 11.4 Å². The number of nitriles is 1. The molecule has 0 bridgehead atoms. The minimum atomic E-state index is -4.55. The first kappa shape index (κ1) is 17.1. The molecule has 1 aliphatic rings. The number of hydrogen-bond donors (Lipinski definition) is 0. The number of anilines is 1. The van der Waals surface area contributed by atoms with Gasteiger partial charge in [0, 0.05) is 36.4 Å². The van der Waals surface area contributed by atoms with Crippen LogP contribution in [0, 0.1) is 11.3 Å². The van der Waals surface area contributed by atoms with E-state index in [9.17, 15) is 13.2 Å². The van der Waals surface area contributed by atoms with E-state index < -0.39 is 11.7 Å². The van der Waals surface area contributed by atoms with E-state index in [2.05, 4.69) is 11.1 Å². The fourth-order valence-corrected chi connectivity index (χ4v) is 3.23. The van der Waals surface area contributed by atoms with Gasteiger partial charge in [-0.2, -0.15) is 18.4 Å². The van der Waals surface area contributed by atoms with Crippen molar-refractivity contribution in [3.8, 4) is 6.07 Å². The van der Waals surface area contributed by atoms with Gasteiger partial charge in [0.15, 0.2) is 0 Å². The molecular formula is C18H17F3N4. The van der Waals surface area contributed by atoms with Crippen molar-refractivity contribution in [1.29, 1.82) is 5.26 Å². The zero-order valence-corrected chi connectivity index (χ0v) is 13.7. The molecule has 1 aromatic heterocycles. The Bertz CT molecular complexity index is 816. The number of imidazole rings is 1. The van der Waals surface area contributed by atoms with Crippen molar-refractivity contribution < 1.29 is 13.2 Å². The van der Waals surface area contributed by atoms with Gasteiger partial charge in [-0.25, -0.2) is 4.98 Å². The Kier molecular flexibility index (Phi) is 4.53. The fraction of sp³-hybridized carbons (Fsp3) is 0.333. The molecule has 0 saturated carbocycles. The third-order valence-corrected chi connectivity index (χ3v) is 4.42. The van der Waals surface area contributed by atoms with Gasteiger partial charge >= 0.3 is 6.18 Å². The van der Waals surface area contributed by atoms with E-state index in [1.54, 1.807) is 24.7 Å². The molecule has 2 aromatic rings. The summed E-state index contributed by atoms with van der Waals surface area (Å²) >= 11 is 0. The monoisotopic (exact) mass is 346 g/mol. The molecule has 130 valence electrons. The lowest BCUT2D eigenvalue weighted by Crippen LogP contribution is -2.32. The lowest BCUT2D eigenvalue weighted by Gasteiger charge is -2.29. The molecule has 1 heterocycles. The number of nitrogens with zero attached hydrogens (tertiary/aromatic N) is 4. The minimum Gasteiger partial charge on any atom is -0.365 e. The maximum absolute atomic E-state index is 13.2. The molecule has 0 aliphatic heterocycles. The molecule has 25 heavy (non-hydrogen) atoms. The third-order valence-electron chi connectivity index (χ3n) is 4.42. The van der Waals surface area contributed by atoms with Crippen LogP contribution in [-0.2, 0) is 6.18 Å². The van der Waals surface area contributed by atoms with Crippen LogP contribution in [-0.4, -0.2) is 22.1 Å². The van der Waals surface area contributed by atoms with E-state index in [1.807, 2.05) is 22.6 Å². The SMILES string of the molecule is CCN(c1ccc(C#N)c(C(F)(F)F)c1)C1C=C(n2ccnc2)CC1. The standard InChI is InChI=1S/C18H17F3N4/c1-2-25(15-6-5-14(9-15)24-8-7-23-12-24)16-4-3-13(11-22)17(10-16)18(19,20)21/h3-4,7-10,12,15H,2,5-6H2,1H3. The van der Waals surface area contributed by atoms with Gasteiger partial charge in [0.25, 0.3) is 0 Å². The lowest BCUT2D eigenvalue weighted by atomic mass is 10.1. The van der Waals surface area contributed by atoms with Crippen LogP contribution in [0.25, 0.3) is 5.70 Å². The Morgan fingerprint density at radius 1 is 1.40 bits per heavy atom. The first-order valence-corrected chi connectivity index (χ1v) is 8.01. The topological polar surface area (TPSA) is 44.9 Å². The molecule has 3 rings (SSSR count). The van der Waals surface area contributed by atoms with E-state index in [4.69, 9.17) is 5.26 Å². The average molecular weight is 346 g/mol. The van der Waals surface area contributed by atoms with Crippen molar-refractivity contribution in [2.45, 2.75) is 32.0 Å². The molecule has 1 aromatic carbocycles. The Balaban J connectivity index is 1.93. The molecule has 0 saturated heterocycles. The maximum atomic E-state index is 13.2. The normalized spacial score (nSPS) is 17.2. The zero-order chi connectivity index (χ0) is 18.0. The van der Waals surface area contributed by atoms with Gasteiger partial charge in [-0.3, -0.25) is 0 Å². The Labute approximate surface area is 143 Å². The van der Waals surface area contributed by atoms with E-state index in [-0.39, 0.29) is 11.6 Å². The van der Waals surface area contributed by atoms with Crippen molar-refractivity contribution >= 4 is 11.4 Å². The maximum Gasteiger partial charge on any atom is 0.417 e. The number of hydrogen-bond acceptors (Lipinski definition) is 3. The van der Waals surface area contributed by atoms with Crippen LogP contribution >= 0.6 is 0 Å². The highest BCUT2D eigenvalue weighted by molar-refractivity contribution is 5.59. The third kappa shape index (κ3) is 3.38. The highest BCUT2D eigenvalue weighted by Crippen LogP contribution is 2.36. The van der Waals surface area contributed by atoms with Crippen molar-refractivity contribution in [3.63, 3.8) is 0 Å². The lowest BCUT2D eigenvalue weighted by molar-refractivity contribution is -0.137. The van der Waals surface area contributed by atoms with Crippen LogP contribution < -0.4 is 4.90 Å². The molecule has 0 spiro atoms. The molecule has 7 heteroatoms. The van der Waals surface area contributed by atoms with Crippen molar-refractivity contribution in [3.05, 3.63) is 54.1 Å². The number of likely N-dealkylation sites (N-methyl/N-ethyl adjacent to an activating group) is 1. The van der Waals surface area contributed by atoms with Crippen molar-refractivity contribution in [2.24, 2.45) is 0 Å². The molecule has 4 nitrogen and oxygen atoms in total. The van der Waals surface area contributed by atoms with E-state index in [0.717, 1.165) is 24.6 Å². The summed E-state index contributed by atoms with van der Waals surface area (Å²) in [6.07, 6.45) is 4.44.